The van der Waals surface area contributed by atoms with E-state index in [0.717, 1.165) is 18.5 Å². The van der Waals surface area contributed by atoms with E-state index < -0.39 is 11.7 Å². The second kappa shape index (κ2) is 8.03. The van der Waals surface area contributed by atoms with E-state index in [1.54, 1.807) is 24.3 Å². The molecule has 2 aliphatic rings. The Hall–Kier alpha value is -3.22. The Kier molecular flexibility index (Phi) is 5.29. The summed E-state index contributed by atoms with van der Waals surface area (Å²) in [7, 11) is 0. The Bertz CT molecular complexity index is 945. The molecular weight excluding hydrogens is 373 g/mol. The molecule has 1 atom stereocenters. The number of halogens is 1. The molecule has 2 aliphatic heterocycles. The van der Waals surface area contributed by atoms with Gasteiger partial charge in [-0.3, -0.25) is 14.4 Å². The number of likely N-dealkylation sites (tertiary alicyclic amines) is 1. The molecule has 2 fully saturated rings. The van der Waals surface area contributed by atoms with Gasteiger partial charge in [-0.15, -0.1) is 0 Å². The van der Waals surface area contributed by atoms with Crippen molar-refractivity contribution >= 4 is 29.1 Å². The first-order valence-electron chi connectivity index (χ1n) is 9.74. The van der Waals surface area contributed by atoms with Gasteiger partial charge >= 0.3 is 0 Å². The smallest absolute Gasteiger partial charge is 0.229 e. The van der Waals surface area contributed by atoms with E-state index in [9.17, 15) is 18.8 Å². The SMILES string of the molecule is O=C(Nc1ccc(CN2CCCC2=O)cc1)C1CC(=O)N(c2ccccc2F)C1. The monoisotopic (exact) mass is 395 g/mol. The zero-order chi connectivity index (χ0) is 20.4. The average Bonchev–Trinajstić information content (AvgIpc) is 3.29. The van der Waals surface area contributed by atoms with Crippen LogP contribution in [0, 0.1) is 11.7 Å². The van der Waals surface area contributed by atoms with Crippen molar-refractivity contribution < 1.29 is 18.8 Å². The van der Waals surface area contributed by atoms with Crippen LogP contribution in [0.5, 0.6) is 0 Å². The third-order valence-electron chi connectivity index (χ3n) is 5.41. The van der Waals surface area contributed by atoms with Crippen LogP contribution < -0.4 is 10.2 Å². The number of hydrogen-bond donors (Lipinski definition) is 1. The molecule has 0 radical (unpaired) electrons. The Morgan fingerprint density at radius 1 is 1.07 bits per heavy atom. The van der Waals surface area contributed by atoms with Crippen molar-refractivity contribution in [3.63, 3.8) is 0 Å². The summed E-state index contributed by atoms with van der Waals surface area (Å²) in [5.74, 6) is -1.37. The van der Waals surface area contributed by atoms with E-state index >= 15 is 0 Å². The molecule has 2 heterocycles. The van der Waals surface area contributed by atoms with Gasteiger partial charge in [0.25, 0.3) is 0 Å². The second-order valence-electron chi connectivity index (χ2n) is 7.46. The maximum atomic E-state index is 14.0. The summed E-state index contributed by atoms with van der Waals surface area (Å²) in [5.41, 5.74) is 1.83. The Morgan fingerprint density at radius 3 is 2.52 bits per heavy atom. The molecule has 2 aromatic rings. The van der Waals surface area contributed by atoms with Gasteiger partial charge in [0, 0.05) is 38.2 Å². The van der Waals surface area contributed by atoms with Crippen LogP contribution in [0.3, 0.4) is 0 Å². The number of carbonyl (C=O) groups is 3. The van der Waals surface area contributed by atoms with Crippen molar-refractivity contribution in [2.24, 2.45) is 5.92 Å². The van der Waals surface area contributed by atoms with Crippen LogP contribution in [-0.2, 0) is 20.9 Å². The summed E-state index contributed by atoms with van der Waals surface area (Å²) in [5, 5.41) is 2.83. The summed E-state index contributed by atoms with van der Waals surface area (Å²) in [6.45, 7) is 1.51. The van der Waals surface area contributed by atoms with Crippen molar-refractivity contribution in [1.29, 1.82) is 0 Å². The Labute approximate surface area is 168 Å². The van der Waals surface area contributed by atoms with Gasteiger partial charge in [-0.05, 0) is 36.2 Å². The summed E-state index contributed by atoms with van der Waals surface area (Å²) in [4.78, 5) is 39.8. The zero-order valence-electron chi connectivity index (χ0n) is 15.9. The van der Waals surface area contributed by atoms with Crippen molar-refractivity contribution in [1.82, 2.24) is 4.90 Å². The van der Waals surface area contributed by atoms with Gasteiger partial charge in [-0.25, -0.2) is 4.39 Å². The standard InChI is InChI=1S/C22H22FN3O3/c23-18-4-1-2-5-19(18)26-14-16(12-21(26)28)22(29)24-17-9-7-15(8-10-17)13-25-11-3-6-20(25)27/h1-2,4-5,7-10,16H,3,6,11-14H2,(H,24,29). The highest BCUT2D eigenvalue weighted by atomic mass is 19.1. The van der Waals surface area contributed by atoms with Crippen LogP contribution in [-0.4, -0.2) is 35.7 Å². The summed E-state index contributed by atoms with van der Waals surface area (Å²) in [6.07, 6.45) is 1.56. The predicted molar refractivity (Wildman–Crippen MR) is 107 cm³/mol. The van der Waals surface area contributed by atoms with Crippen LogP contribution in [0.4, 0.5) is 15.8 Å². The van der Waals surface area contributed by atoms with Crippen LogP contribution >= 0.6 is 0 Å². The summed E-state index contributed by atoms with van der Waals surface area (Å²) in [6, 6.07) is 13.4. The highest BCUT2D eigenvalue weighted by molar-refractivity contribution is 6.03. The molecule has 0 bridgehead atoms. The van der Waals surface area contributed by atoms with E-state index in [1.165, 1.54) is 17.0 Å². The molecule has 0 spiro atoms. The predicted octanol–water partition coefficient (Wildman–Crippen LogP) is 2.94. The fourth-order valence-electron chi connectivity index (χ4n) is 3.82. The lowest BCUT2D eigenvalue weighted by Gasteiger charge is -2.17. The van der Waals surface area contributed by atoms with Gasteiger partial charge < -0.3 is 15.1 Å². The lowest BCUT2D eigenvalue weighted by Crippen LogP contribution is -2.28. The van der Waals surface area contributed by atoms with Crippen molar-refractivity contribution in [3.8, 4) is 0 Å². The molecule has 29 heavy (non-hydrogen) atoms. The topological polar surface area (TPSA) is 69.7 Å². The minimum atomic E-state index is -0.538. The van der Waals surface area contributed by atoms with Gasteiger partial charge in [-0.1, -0.05) is 24.3 Å². The number of anilines is 2. The van der Waals surface area contributed by atoms with E-state index in [1.807, 2.05) is 17.0 Å². The maximum absolute atomic E-state index is 14.0. The molecule has 3 amide bonds. The third kappa shape index (κ3) is 4.13. The molecule has 1 unspecified atom stereocenters. The Morgan fingerprint density at radius 2 is 1.83 bits per heavy atom. The van der Waals surface area contributed by atoms with Crippen LogP contribution in [0.1, 0.15) is 24.8 Å². The average molecular weight is 395 g/mol. The number of benzene rings is 2. The minimum Gasteiger partial charge on any atom is -0.338 e. The van der Waals surface area contributed by atoms with E-state index in [2.05, 4.69) is 5.32 Å². The van der Waals surface area contributed by atoms with E-state index in [0.29, 0.717) is 18.7 Å². The molecule has 0 saturated carbocycles. The van der Waals surface area contributed by atoms with E-state index in [-0.39, 0.29) is 36.4 Å². The van der Waals surface area contributed by atoms with Crippen LogP contribution in [0.2, 0.25) is 0 Å². The first kappa shape index (κ1) is 19.1. The molecule has 6 nitrogen and oxygen atoms in total. The summed E-state index contributed by atoms with van der Waals surface area (Å²) < 4.78 is 14.0. The lowest BCUT2D eigenvalue weighted by molar-refractivity contribution is -0.128. The maximum Gasteiger partial charge on any atom is 0.229 e. The lowest BCUT2D eigenvalue weighted by atomic mass is 10.1. The highest BCUT2D eigenvalue weighted by Crippen LogP contribution is 2.28. The number of hydrogen-bond acceptors (Lipinski definition) is 3. The van der Waals surface area contributed by atoms with Crippen molar-refractivity contribution in [2.45, 2.75) is 25.8 Å². The molecule has 7 heteroatoms. The molecule has 4 rings (SSSR count). The number of carbonyl (C=O) groups excluding carboxylic acids is 3. The molecule has 0 aromatic heterocycles. The van der Waals surface area contributed by atoms with Gasteiger partial charge in [0.05, 0.1) is 11.6 Å². The van der Waals surface area contributed by atoms with Crippen LogP contribution in [0.25, 0.3) is 0 Å². The fourth-order valence-corrected chi connectivity index (χ4v) is 3.82. The molecule has 150 valence electrons. The largest absolute Gasteiger partial charge is 0.338 e. The molecule has 0 aliphatic carbocycles. The van der Waals surface area contributed by atoms with Crippen molar-refractivity contribution in [2.75, 3.05) is 23.3 Å². The molecule has 1 N–H and O–H groups in total. The highest BCUT2D eigenvalue weighted by Gasteiger charge is 2.36. The van der Waals surface area contributed by atoms with Gasteiger partial charge in [0.1, 0.15) is 5.82 Å². The first-order valence-corrected chi connectivity index (χ1v) is 9.74. The molecular formula is C22H22FN3O3. The number of nitrogens with one attached hydrogen (secondary N) is 1. The van der Waals surface area contributed by atoms with Crippen molar-refractivity contribution in [3.05, 3.63) is 59.9 Å². The quantitative estimate of drug-likeness (QED) is 0.846. The molecule has 2 aromatic carbocycles. The van der Waals surface area contributed by atoms with E-state index in [4.69, 9.17) is 0 Å². The third-order valence-corrected chi connectivity index (χ3v) is 5.41. The van der Waals surface area contributed by atoms with Crippen LogP contribution in [0.15, 0.2) is 48.5 Å². The first-order chi connectivity index (χ1) is 14.0. The number of amides is 3. The minimum absolute atomic E-state index is 0.0509. The van der Waals surface area contributed by atoms with Gasteiger partial charge in [-0.2, -0.15) is 0 Å². The number of nitrogens with zero attached hydrogens (tertiary/aromatic N) is 2. The van der Waals surface area contributed by atoms with Gasteiger partial charge in [0.15, 0.2) is 0 Å². The summed E-state index contributed by atoms with van der Waals surface area (Å²) >= 11 is 0. The number of para-hydroxylation sites is 1. The fraction of sp³-hybridized carbons (Fsp3) is 0.318. The number of rotatable bonds is 5. The van der Waals surface area contributed by atoms with Gasteiger partial charge in [0.2, 0.25) is 17.7 Å². The normalized spacial score (nSPS) is 19.1. The zero-order valence-corrected chi connectivity index (χ0v) is 15.9. The Balaban J connectivity index is 1.36. The second-order valence-corrected chi connectivity index (χ2v) is 7.46. The molecule has 2 saturated heterocycles.